The van der Waals surface area contributed by atoms with Crippen LogP contribution in [-0.2, 0) is 0 Å². The first-order chi connectivity index (χ1) is 9.54. The molecule has 102 valence electrons. The molecule has 0 radical (unpaired) electrons. The molecule has 0 aliphatic carbocycles. The monoisotopic (exact) mass is 289 g/mol. The van der Waals surface area contributed by atoms with Crippen molar-refractivity contribution in [1.29, 1.82) is 0 Å². The van der Waals surface area contributed by atoms with E-state index in [0.717, 1.165) is 5.56 Å². The highest BCUT2D eigenvalue weighted by Gasteiger charge is 2.02. The van der Waals surface area contributed by atoms with Gasteiger partial charge in [0.2, 0.25) is 5.70 Å². The third kappa shape index (κ3) is 3.83. The van der Waals surface area contributed by atoms with Crippen LogP contribution >= 0.6 is 11.6 Å². The van der Waals surface area contributed by atoms with Gasteiger partial charge in [-0.1, -0.05) is 23.7 Å². The zero-order chi connectivity index (χ0) is 14.5. The van der Waals surface area contributed by atoms with Gasteiger partial charge in [-0.25, -0.2) is 0 Å². The molecule has 0 heterocycles. The van der Waals surface area contributed by atoms with Crippen molar-refractivity contribution in [2.45, 2.75) is 6.92 Å². The third-order valence-electron chi connectivity index (χ3n) is 2.59. The summed E-state index contributed by atoms with van der Waals surface area (Å²) in [6.45, 7) is 1.46. The van der Waals surface area contributed by atoms with Gasteiger partial charge < -0.3 is 4.74 Å². The fraction of sp³-hybridized carbons (Fsp3) is 0.0667. The summed E-state index contributed by atoms with van der Waals surface area (Å²) in [6.07, 6.45) is 1.51. The second-order valence-corrected chi connectivity index (χ2v) is 4.60. The number of nitrogens with zero attached hydrogens (tertiary/aromatic N) is 1. The van der Waals surface area contributed by atoms with E-state index in [4.69, 9.17) is 16.3 Å². The van der Waals surface area contributed by atoms with Crippen LogP contribution < -0.4 is 4.74 Å². The second-order valence-electron chi connectivity index (χ2n) is 4.17. The van der Waals surface area contributed by atoms with Gasteiger partial charge in [0, 0.05) is 18.0 Å². The molecule has 0 saturated heterocycles. The molecule has 0 atom stereocenters. The Morgan fingerprint density at radius 1 is 1.10 bits per heavy atom. The van der Waals surface area contributed by atoms with Gasteiger partial charge in [-0.15, -0.1) is 0 Å². The zero-order valence-corrected chi connectivity index (χ0v) is 11.5. The lowest BCUT2D eigenvalue weighted by atomic mass is 10.2. The SMILES string of the molecule is CC(=Cc1ccc(Oc2ccc(Cl)cc2)cc1)[N+](=O)[O-]. The minimum Gasteiger partial charge on any atom is -0.457 e. The summed E-state index contributed by atoms with van der Waals surface area (Å²) in [5.74, 6) is 1.34. The first-order valence-electron chi connectivity index (χ1n) is 5.91. The van der Waals surface area contributed by atoms with Crippen LogP contribution in [0.5, 0.6) is 11.5 Å². The lowest BCUT2D eigenvalue weighted by molar-refractivity contribution is -0.422. The van der Waals surface area contributed by atoms with E-state index in [0.29, 0.717) is 16.5 Å². The first-order valence-corrected chi connectivity index (χ1v) is 6.28. The molecular weight excluding hydrogens is 278 g/mol. The third-order valence-corrected chi connectivity index (χ3v) is 2.84. The van der Waals surface area contributed by atoms with Crippen LogP contribution in [0, 0.1) is 10.1 Å². The molecule has 0 amide bonds. The number of hydrogen-bond acceptors (Lipinski definition) is 3. The van der Waals surface area contributed by atoms with E-state index in [-0.39, 0.29) is 5.70 Å². The van der Waals surface area contributed by atoms with Crippen LogP contribution in [0.1, 0.15) is 12.5 Å². The van der Waals surface area contributed by atoms with Crippen molar-refractivity contribution in [3.63, 3.8) is 0 Å². The number of ether oxygens (including phenoxy) is 1. The Balaban J connectivity index is 2.10. The normalized spacial score (nSPS) is 11.2. The van der Waals surface area contributed by atoms with E-state index in [1.54, 1.807) is 48.5 Å². The molecule has 0 fully saturated rings. The molecule has 20 heavy (non-hydrogen) atoms. The number of nitro groups is 1. The summed E-state index contributed by atoms with van der Waals surface area (Å²) >= 11 is 5.79. The van der Waals surface area contributed by atoms with E-state index in [2.05, 4.69) is 0 Å². The number of allylic oxidation sites excluding steroid dienone is 1. The predicted octanol–water partition coefficient (Wildman–Crippen LogP) is 4.77. The van der Waals surface area contributed by atoms with Crippen LogP contribution in [0.2, 0.25) is 5.02 Å². The molecule has 0 bridgehead atoms. The minimum atomic E-state index is -0.419. The maximum atomic E-state index is 10.5. The van der Waals surface area contributed by atoms with E-state index in [9.17, 15) is 10.1 Å². The summed E-state index contributed by atoms with van der Waals surface area (Å²) in [5.41, 5.74) is 0.846. The highest BCUT2D eigenvalue weighted by Crippen LogP contribution is 2.23. The highest BCUT2D eigenvalue weighted by molar-refractivity contribution is 6.30. The molecule has 0 aliphatic rings. The van der Waals surface area contributed by atoms with E-state index in [1.165, 1.54) is 13.0 Å². The van der Waals surface area contributed by atoms with Gasteiger partial charge in [0.05, 0.1) is 4.92 Å². The van der Waals surface area contributed by atoms with Crippen LogP contribution in [0.4, 0.5) is 0 Å². The van der Waals surface area contributed by atoms with Crippen molar-refractivity contribution >= 4 is 17.7 Å². The quantitative estimate of drug-likeness (QED) is 0.602. The highest BCUT2D eigenvalue weighted by atomic mass is 35.5. The molecule has 0 unspecified atom stereocenters. The first kappa shape index (κ1) is 14.1. The molecule has 0 spiro atoms. The fourth-order valence-electron chi connectivity index (χ4n) is 1.56. The smallest absolute Gasteiger partial charge is 0.243 e. The fourth-order valence-corrected chi connectivity index (χ4v) is 1.69. The Labute approximate surface area is 121 Å². The standard InChI is InChI=1S/C15H12ClNO3/c1-11(17(18)19)10-12-2-6-14(7-3-12)20-15-8-4-13(16)5-9-15/h2-10H,1H3. The van der Waals surface area contributed by atoms with E-state index in [1.807, 2.05) is 0 Å². The average molecular weight is 290 g/mol. The average Bonchev–Trinajstić information content (AvgIpc) is 2.43. The summed E-state index contributed by atoms with van der Waals surface area (Å²) in [6, 6.07) is 14.1. The molecule has 2 aromatic rings. The lowest BCUT2D eigenvalue weighted by Gasteiger charge is -2.05. The molecule has 0 saturated carbocycles. The molecule has 0 aliphatic heterocycles. The summed E-state index contributed by atoms with van der Waals surface area (Å²) < 4.78 is 5.63. The van der Waals surface area contributed by atoms with Crippen molar-refractivity contribution in [2.75, 3.05) is 0 Å². The van der Waals surface area contributed by atoms with Gasteiger partial charge in [0.1, 0.15) is 11.5 Å². The van der Waals surface area contributed by atoms with Gasteiger partial charge in [-0.2, -0.15) is 0 Å². The Morgan fingerprint density at radius 3 is 2.10 bits per heavy atom. The van der Waals surface area contributed by atoms with Crippen LogP contribution in [0.25, 0.3) is 6.08 Å². The molecule has 4 nitrogen and oxygen atoms in total. The van der Waals surface area contributed by atoms with Crippen molar-refractivity contribution in [3.8, 4) is 11.5 Å². The van der Waals surface area contributed by atoms with Gasteiger partial charge in [0.25, 0.3) is 0 Å². The Hall–Kier alpha value is -2.33. The van der Waals surface area contributed by atoms with Crippen molar-refractivity contribution in [1.82, 2.24) is 0 Å². The molecule has 2 rings (SSSR count). The summed E-state index contributed by atoms with van der Waals surface area (Å²) in [7, 11) is 0. The number of rotatable bonds is 4. The van der Waals surface area contributed by atoms with Gasteiger partial charge in [-0.3, -0.25) is 10.1 Å². The van der Waals surface area contributed by atoms with Gasteiger partial charge in [0.15, 0.2) is 0 Å². The Kier molecular flexibility index (Phi) is 4.38. The summed E-state index contributed by atoms with van der Waals surface area (Å²) in [4.78, 5) is 10.1. The minimum absolute atomic E-state index is 0.0939. The number of benzene rings is 2. The van der Waals surface area contributed by atoms with Gasteiger partial charge >= 0.3 is 0 Å². The zero-order valence-electron chi connectivity index (χ0n) is 10.7. The Morgan fingerprint density at radius 2 is 1.60 bits per heavy atom. The number of halogens is 1. The molecule has 2 aromatic carbocycles. The maximum Gasteiger partial charge on any atom is 0.243 e. The van der Waals surface area contributed by atoms with Crippen LogP contribution in [0.15, 0.2) is 54.2 Å². The molecule has 0 N–H and O–H groups in total. The molecule has 5 heteroatoms. The molecular formula is C15H12ClNO3. The van der Waals surface area contributed by atoms with Crippen LogP contribution in [-0.4, -0.2) is 4.92 Å². The van der Waals surface area contributed by atoms with Crippen molar-refractivity contribution in [3.05, 3.63) is 74.9 Å². The lowest BCUT2D eigenvalue weighted by Crippen LogP contribution is -1.92. The van der Waals surface area contributed by atoms with Crippen LogP contribution in [0.3, 0.4) is 0 Å². The second kappa shape index (κ2) is 6.21. The Bertz CT molecular complexity index is 633. The molecule has 0 aromatic heterocycles. The maximum absolute atomic E-state index is 10.5. The number of hydrogen-bond donors (Lipinski definition) is 0. The van der Waals surface area contributed by atoms with Crippen molar-refractivity contribution in [2.24, 2.45) is 0 Å². The topological polar surface area (TPSA) is 52.4 Å². The van der Waals surface area contributed by atoms with Gasteiger partial charge in [-0.05, 0) is 42.0 Å². The van der Waals surface area contributed by atoms with E-state index >= 15 is 0 Å². The van der Waals surface area contributed by atoms with Crippen molar-refractivity contribution < 1.29 is 9.66 Å². The predicted molar refractivity (Wildman–Crippen MR) is 78.6 cm³/mol. The van der Waals surface area contributed by atoms with E-state index < -0.39 is 4.92 Å². The summed E-state index contributed by atoms with van der Waals surface area (Å²) in [5, 5.41) is 11.2. The largest absolute Gasteiger partial charge is 0.457 e.